The molecule has 0 saturated heterocycles. The summed E-state index contributed by atoms with van der Waals surface area (Å²) < 4.78 is 15.5. The molecule has 0 aliphatic heterocycles. The quantitative estimate of drug-likeness (QED) is 0.471. The van der Waals surface area contributed by atoms with Crippen LogP contribution in [0.3, 0.4) is 0 Å². The normalized spacial score (nSPS) is 12.4. The van der Waals surface area contributed by atoms with Crippen molar-refractivity contribution >= 4 is 11.0 Å². The molecule has 148 valence electrons. The molecule has 0 spiro atoms. The number of aliphatic hydroxyl groups excluding tert-OH is 1. The third-order valence-corrected chi connectivity index (χ3v) is 4.62. The number of H-pyrrole nitrogens is 1. The molecular formula is C22H21FN4O2. The van der Waals surface area contributed by atoms with Crippen molar-refractivity contribution in [1.82, 2.24) is 20.1 Å². The number of pyridine rings is 1. The number of benzene rings is 2. The lowest BCUT2D eigenvalue weighted by Crippen LogP contribution is -2.27. The van der Waals surface area contributed by atoms with Crippen LogP contribution in [0.2, 0.25) is 0 Å². The first-order chi connectivity index (χ1) is 14.0. The highest BCUT2D eigenvalue weighted by Gasteiger charge is 2.17. The van der Waals surface area contributed by atoms with E-state index in [2.05, 4.69) is 15.4 Å². The maximum Gasteiger partial charge on any atom is 0.254 e. The summed E-state index contributed by atoms with van der Waals surface area (Å²) in [5, 5.41) is 17.9. The van der Waals surface area contributed by atoms with Crippen LogP contribution in [0.1, 0.15) is 12.5 Å². The molecule has 2 aromatic carbocycles. The van der Waals surface area contributed by atoms with Crippen LogP contribution in [-0.2, 0) is 6.54 Å². The summed E-state index contributed by atoms with van der Waals surface area (Å²) in [4.78, 5) is 15.6. The van der Waals surface area contributed by atoms with E-state index >= 15 is 0 Å². The minimum absolute atomic E-state index is 0.238. The minimum Gasteiger partial charge on any atom is -0.392 e. The van der Waals surface area contributed by atoms with Crippen LogP contribution in [0.15, 0.2) is 65.5 Å². The zero-order valence-electron chi connectivity index (χ0n) is 15.9. The second-order valence-corrected chi connectivity index (χ2v) is 6.97. The Bertz CT molecular complexity index is 1200. The lowest BCUT2D eigenvalue weighted by Gasteiger charge is -2.07. The van der Waals surface area contributed by atoms with Crippen molar-refractivity contribution in [1.29, 1.82) is 0 Å². The first kappa shape index (κ1) is 19.0. The van der Waals surface area contributed by atoms with E-state index in [9.17, 15) is 14.3 Å². The number of aromatic amines is 1. The second kappa shape index (κ2) is 7.98. The van der Waals surface area contributed by atoms with Crippen molar-refractivity contribution < 1.29 is 9.50 Å². The van der Waals surface area contributed by atoms with Crippen LogP contribution >= 0.6 is 0 Å². The van der Waals surface area contributed by atoms with Crippen molar-refractivity contribution in [2.75, 3.05) is 6.54 Å². The Balaban J connectivity index is 1.89. The van der Waals surface area contributed by atoms with Gasteiger partial charge in [-0.25, -0.2) is 9.07 Å². The summed E-state index contributed by atoms with van der Waals surface area (Å²) in [5.74, 6) is -0.354. The molecular weight excluding hydrogens is 371 g/mol. The van der Waals surface area contributed by atoms with Gasteiger partial charge in [-0.1, -0.05) is 30.3 Å². The van der Waals surface area contributed by atoms with Gasteiger partial charge in [0.15, 0.2) is 0 Å². The van der Waals surface area contributed by atoms with Gasteiger partial charge in [-0.05, 0) is 37.3 Å². The molecule has 0 aliphatic carbocycles. The fourth-order valence-corrected chi connectivity index (χ4v) is 3.27. The number of aromatic nitrogens is 3. The molecule has 4 aromatic rings. The molecule has 0 saturated carbocycles. The Hall–Kier alpha value is -3.29. The fraction of sp³-hybridized carbons (Fsp3) is 0.182. The SMILES string of the molecule is CC(O)CNCc1cc2c(-c3cccc(F)c3)nn(-c3ccccc3)c2[nH]c1=O. The van der Waals surface area contributed by atoms with Crippen LogP contribution in [-0.4, -0.2) is 32.5 Å². The molecule has 0 aliphatic rings. The zero-order chi connectivity index (χ0) is 20.4. The average molecular weight is 392 g/mol. The van der Waals surface area contributed by atoms with E-state index in [1.807, 2.05) is 30.3 Å². The van der Waals surface area contributed by atoms with Gasteiger partial charge in [-0.3, -0.25) is 4.79 Å². The number of halogens is 1. The second-order valence-electron chi connectivity index (χ2n) is 6.97. The smallest absolute Gasteiger partial charge is 0.254 e. The monoisotopic (exact) mass is 392 g/mol. The van der Waals surface area contributed by atoms with Crippen LogP contribution in [0.4, 0.5) is 4.39 Å². The van der Waals surface area contributed by atoms with Crippen LogP contribution in [0.25, 0.3) is 28.0 Å². The number of hydrogen-bond donors (Lipinski definition) is 3. The standard InChI is InChI=1S/C22H21FN4O2/c1-14(28)12-24-13-16-11-19-20(15-6-5-7-17(23)10-15)26-27(21(19)25-22(16)29)18-8-3-2-4-9-18/h2-11,14,24,28H,12-13H2,1H3,(H,25,29). The lowest BCUT2D eigenvalue weighted by atomic mass is 10.1. The first-order valence-electron chi connectivity index (χ1n) is 9.38. The number of aliphatic hydroxyl groups is 1. The molecule has 0 radical (unpaired) electrons. The zero-order valence-corrected chi connectivity index (χ0v) is 15.9. The molecule has 0 amide bonds. The topological polar surface area (TPSA) is 82.9 Å². The Morgan fingerprint density at radius 3 is 2.69 bits per heavy atom. The highest BCUT2D eigenvalue weighted by Crippen LogP contribution is 2.29. The summed E-state index contributed by atoms with van der Waals surface area (Å²) >= 11 is 0. The molecule has 2 heterocycles. The molecule has 3 N–H and O–H groups in total. The number of rotatable bonds is 6. The van der Waals surface area contributed by atoms with E-state index in [4.69, 9.17) is 0 Å². The van der Waals surface area contributed by atoms with E-state index in [-0.39, 0.29) is 11.4 Å². The van der Waals surface area contributed by atoms with E-state index in [1.165, 1.54) is 12.1 Å². The van der Waals surface area contributed by atoms with Gasteiger partial charge in [-0.2, -0.15) is 5.10 Å². The molecule has 6 nitrogen and oxygen atoms in total. The summed E-state index contributed by atoms with van der Waals surface area (Å²) in [6.07, 6.45) is -0.513. The number of hydrogen-bond acceptors (Lipinski definition) is 4. The highest BCUT2D eigenvalue weighted by molar-refractivity contribution is 5.92. The maximum atomic E-state index is 13.8. The molecule has 2 aromatic heterocycles. The van der Waals surface area contributed by atoms with Crippen LogP contribution in [0.5, 0.6) is 0 Å². The largest absolute Gasteiger partial charge is 0.392 e. The molecule has 7 heteroatoms. The molecule has 4 rings (SSSR count). The Labute approximate surface area is 166 Å². The van der Waals surface area contributed by atoms with Gasteiger partial charge < -0.3 is 15.4 Å². The number of nitrogens with one attached hydrogen (secondary N) is 2. The van der Waals surface area contributed by atoms with E-state index < -0.39 is 6.10 Å². The number of fused-ring (bicyclic) bond motifs is 1. The van der Waals surface area contributed by atoms with E-state index in [1.54, 1.807) is 29.8 Å². The summed E-state index contributed by atoms with van der Waals surface area (Å²) in [5.41, 5.74) is 2.81. The van der Waals surface area contributed by atoms with Gasteiger partial charge in [0.2, 0.25) is 0 Å². The van der Waals surface area contributed by atoms with E-state index in [0.29, 0.717) is 40.9 Å². The number of para-hydroxylation sites is 1. The molecule has 1 unspecified atom stereocenters. The molecule has 29 heavy (non-hydrogen) atoms. The third-order valence-electron chi connectivity index (χ3n) is 4.62. The minimum atomic E-state index is -0.513. The molecule has 0 bridgehead atoms. The number of nitrogens with zero attached hydrogens (tertiary/aromatic N) is 2. The lowest BCUT2D eigenvalue weighted by molar-refractivity contribution is 0.191. The van der Waals surface area contributed by atoms with Gasteiger partial charge >= 0.3 is 0 Å². The summed E-state index contributed by atoms with van der Waals surface area (Å²) in [7, 11) is 0. The van der Waals surface area contributed by atoms with Crippen LogP contribution in [0, 0.1) is 5.82 Å². The Kier molecular flexibility index (Phi) is 5.24. The summed E-state index contributed by atoms with van der Waals surface area (Å²) in [6, 6.07) is 17.4. The predicted molar refractivity (Wildman–Crippen MR) is 110 cm³/mol. The van der Waals surface area contributed by atoms with Gasteiger partial charge in [0.05, 0.1) is 11.8 Å². The Morgan fingerprint density at radius 1 is 1.17 bits per heavy atom. The van der Waals surface area contributed by atoms with Crippen molar-refractivity contribution in [3.8, 4) is 16.9 Å². The maximum absolute atomic E-state index is 13.8. The summed E-state index contributed by atoms with van der Waals surface area (Å²) in [6.45, 7) is 2.35. The van der Waals surface area contributed by atoms with Gasteiger partial charge in [0.1, 0.15) is 17.2 Å². The third kappa shape index (κ3) is 3.96. The average Bonchev–Trinajstić information content (AvgIpc) is 3.07. The highest BCUT2D eigenvalue weighted by atomic mass is 19.1. The van der Waals surface area contributed by atoms with Crippen LogP contribution < -0.4 is 10.9 Å². The molecule has 1 atom stereocenters. The van der Waals surface area contributed by atoms with E-state index in [0.717, 1.165) is 5.69 Å². The van der Waals surface area contributed by atoms with Crippen molar-refractivity contribution in [3.05, 3.63) is 82.4 Å². The fourth-order valence-electron chi connectivity index (χ4n) is 3.27. The molecule has 0 fully saturated rings. The van der Waals surface area contributed by atoms with Crippen molar-refractivity contribution in [2.45, 2.75) is 19.6 Å². The van der Waals surface area contributed by atoms with Gasteiger partial charge in [0, 0.05) is 29.6 Å². The first-order valence-corrected chi connectivity index (χ1v) is 9.38. The van der Waals surface area contributed by atoms with Gasteiger partial charge in [-0.15, -0.1) is 0 Å². The van der Waals surface area contributed by atoms with Gasteiger partial charge in [0.25, 0.3) is 5.56 Å². The predicted octanol–water partition coefficient (Wildman–Crippen LogP) is 2.99. The van der Waals surface area contributed by atoms with Crippen molar-refractivity contribution in [2.24, 2.45) is 0 Å². The Morgan fingerprint density at radius 2 is 1.97 bits per heavy atom. The van der Waals surface area contributed by atoms with Crippen molar-refractivity contribution in [3.63, 3.8) is 0 Å².